The van der Waals surface area contributed by atoms with Crippen molar-refractivity contribution in [3.05, 3.63) is 48.6 Å². The number of carbonyl (C=O) groups excluding carboxylic acids is 3. The molecule has 0 heterocycles. The lowest BCUT2D eigenvalue weighted by molar-refractivity contribution is -0.167. The van der Waals surface area contributed by atoms with E-state index in [1.54, 1.807) is 0 Å². The second kappa shape index (κ2) is 57.0. The average molecular weight is 954 g/mol. The Balaban J connectivity index is 4.38. The van der Waals surface area contributed by atoms with Crippen LogP contribution in [0.3, 0.4) is 0 Å². The van der Waals surface area contributed by atoms with Crippen LogP contribution in [0.15, 0.2) is 48.6 Å². The fourth-order valence-electron chi connectivity index (χ4n) is 8.67. The van der Waals surface area contributed by atoms with Crippen LogP contribution in [0.1, 0.15) is 310 Å². The van der Waals surface area contributed by atoms with E-state index in [2.05, 4.69) is 69.4 Å². The molecular formula is C62H112O6. The van der Waals surface area contributed by atoms with Crippen LogP contribution in [0, 0.1) is 0 Å². The van der Waals surface area contributed by atoms with E-state index in [1.165, 1.54) is 173 Å². The number of esters is 3. The number of unbranched alkanes of at least 4 members (excludes halogenated alkanes) is 35. The monoisotopic (exact) mass is 953 g/mol. The summed E-state index contributed by atoms with van der Waals surface area (Å²) in [4.78, 5) is 38.2. The molecule has 0 aliphatic carbocycles. The van der Waals surface area contributed by atoms with Crippen molar-refractivity contribution in [2.24, 2.45) is 0 Å². The van der Waals surface area contributed by atoms with Gasteiger partial charge in [-0.2, -0.15) is 0 Å². The van der Waals surface area contributed by atoms with Crippen molar-refractivity contribution >= 4 is 17.9 Å². The fraction of sp³-hybridized carbons (Fsp3) is 0.823. The van der Waals surface area contributed by atoms with Gasteiger partial charge in [0, 0.05) is 19.3 Å². The Morgan fingerprint density at radius 3 is 0.897 bits per heavy atom. The minimum absolute atomic E-state index is 0.0763. The Bertz CT molecular complexity index is 1190. The molecule has 0 amide bonds. The molecule has 396 valence electrons. The Morgan fingerprint density at radius 2 is 0.574 bits per heavy atom. The zero-order valence-electron chi connectivity index (χ0n) is 45.4. The summed E-state index contributed by atoms with van der Waals surface area (Å²) in [6.45, 7) is 6.55. The van der Waals surface area contributed by atoms with E-state index in [0.717, 1.165) is 96.3 Å². The van der Waals surface area contributed by atoms with Gasteiger partial charge in [-0.25, -0.2) is 0 Å². The van der Waals surface area contributed by atoms with E-state index >= 15 is 0 Å². The molecule has 68 heavy (non-hydrogen) atoms. The summed E-state index contributed by atoms with van der Waals surface area (Å²) in [7, 11) is 0. The van der Waals surface area contributed by atoms with Gasteiger partial charge in [0.1, 0.15) is 13.2 Å². The maximum absolute atomic E-state index is 12.9. The van der Waals surface area contributed by atoms with Gasteiger partial charge < -0.3 is 14.2 Å². The van der Waals surface area contributed by atoms with Crippen molar-refractivity contribution in [3.63, 3.8) is 0 Å². The Hall–Kier alpha value is -2.63. The first kappa shape index (κ1) is 65.4. The first-order chi connectivity index (χ1) is 33.5. The zero-order valence-corrected chi connectivity index (χ0v) is 45.4. The smallest absolute Gasteiger partial charge is 0.306 e. The summed E-state index contributed by atoms with van der Waals surface area (Å²) in [5, 5.41) is 0. The SMILES string of the molecule is CC/C=C\C/C=C\C/C=C\C/C=C\CCCCCCC(=O)OCC(COC(=O)CCCCCCCCCCCCCCCCCC)OC(=O)CCCCCCCCCCCCCCCCCCC. The summed E-state index contributed by atoms with van der Waals surface area (Å²) in [5.41, 5.74) is 0. The van der Waals surface area contributed by atoms with E-state index in [-0.39, 0.29) is 31.1 Å². The Morgan fingerprint density at radius 1 is 0.309 bits per heavy atom. The van der Waals surface area contributed by atoms with Crippen LogP contribution < -0.4 is 0 Å². The molecule has 1 atom stereocenters. The molecular weight excluding hydrogens is 841 g/mol. The van der Waals surface area contributed by atoms with Crippen molar-refractivity contribution < 1.29 is 28.6 Å². The lowest BCUT2D eigenvalue weighted by atomic mass is 10.0. The lowest BCUT2D eigenvalue weighted by Gasteiger charge is -2.18. The van der Waals surface area contributed by atoms with Crippen LogP contribution in [0.5, 0.6) is 0 Å². The van der Waals surface area contributed by atoms with E-state index in [0.29, 0.717) is 19.3 Å². The third-order valence-electron chi connectivity index (χ3n) is 13.1. The largest absolute Gasteiger partial charge is 0.462 e. The van der Waals surface area contributed by atoms with Crippen LogP contribution in [-0.2, 0) is 28.6 Å². The molecule has 6 heteroatoms. The van der Waals surface area contributed by atoms with Crippen LogP contribution in [0.25, 0.3) is 0 Å². The molecule has 0 radical (unpaired) electrons. The van der Waals surface area contributed by atoms with Crippen LogP contribution in [0.4, 0.5) is 0 Å². The van der Waals surface area contributed by atoms with Crippen molar-refractivity contribution in [2.45, 2.75) is 316 Å². The van der Waals surface area contributed by atoms with Gasteiger partial charge in [0.2, 0.25) is 0 Å². The summed E-state index contributed by atoms with van der Waals surface area (Å²) < 4.78 is 16.9. The van der Waals surface area contributed by atoms with Gasteiger partial charge in [-0.05, 0) is 57.8 Å². The summed E-state index contributed by atoms with van der Waals surface area (Å²) >= 11 is 0. The molecule has 0 aliphatic rings. The predicted molar refractivity (Wildman–Crippen MR) is 293 cm³/mol. The van der Waals surface area contributed by atoms with Gasteiger partial charge in [-0.3, -0.25) is 14.4 Å². The maximum atomic E-state index is 12.9. The molecule has 0 aliphatic heterocycles. The van der Waals surface area contributed by atoms with Crippen LogP contribution >= 0.6 is 0 Å². The van der Waals surface area contributed by atoms with Gasteiger partial charge in [-0.15, -0.1) is 0 Å². The van der Waals surface area contributed by atoms with Crippen molar-refractivity contribution in [1.29, 1.82) is 0 Å². The number of ether oxygens (including phenoxy) is 3. The minimum Gasteiger partial charge on any atom is -0.462 e. The topological polar surface area (TPSA) is 78.9 Å². The quantitative estimate of drug-likeness (QED) is 0.0262. The fourth-order valence-corrected chi connectivity index (χ4v) is 8.67. The van der Waals surface area contributed by atoms with Crippen molar-refractivity contribution in [1.82, 2.24) is 0 Å². The highest BCUT2D eigenvalue weighted by Gasteiger charge is 2.19. The molecule has 0 aromatic rings. The highest BCUT2D eigenvalue weighted by Crippen LogP contribution is 2.17. The molecule has 1 unspecified atom stereocenters. The predicted octanol–water partition coefficient (Wildman–Crippen LogP) is 19.8. The molecule has 6 nitrogen and oxygen atoms in total. The van der Waals surface area contributed by atoms with Gasteiger partial charge in [0.05, 0.1) is 0 Å². The molecule has 0 fully saturated rings. The normalized spacial score (nSPS) is 12.3. The second-order valence-corrected chi connectivity index (χ2v) is 19.9. The van der Waals surface area contributed by atoms with Gasteiger partial charge in [0.25, 0.3) is 0 Å². The standard InChI is InChI=1S/C62H112O6/c1-4-7-10-13-16-19-22-25-28-31-34-37-40-43-46-49-52-55-61(64)67-58-59(57-66-60(63)54-51-48-45-42-39-36-33-30-27-24-21-18-15-12-9-6-3)68-62(65)56-53-50-47-44-41-38-35-32-29-26-23-20-17-14-11-8-5-2/h7,10,16,19,25,28,34,37,59H,4-6,8-9,11-15,17-18,20-24,26-27,29-33,35-36,38-58H2,1-3H3/b10-7-,19-16-,28-25-,37-34-. The van der Waals surface area contributed by atoms with Gasteiger partial charge in [0.15, 0.2) is 6.10 Å². The number of hydrogen-bond acceptors (Lipinski definition) is 6. The highest BCUT2D eigenvalue weighted by molar-refractivity contribution is 5.71. The third-order valence-corrected chi connectivity index (χ3v) is 13.1. The first-order valence-electron chi connectivity index (χ1n) is 29.6. The van der Waals surface area contributed by atoms with E-state index in [1.807, 2.05) is 0 Å². The Kier molecular flexibility index (Phi) is 54.8. The third kappa shape index (κ3) is 54.3. The lowest BCUT2D eigenvalue weighted by Crippen LogP contribution is -2.30. The minimum atomic E-state index is -0.780. The molecule has 0 saturated heterocycles. The molecule has 0 spiro atoms. The number of allylic oxidation sites excluding steroid dienone is 8. The molecule has 0 rings (SSSR count). The number of carbonyl (C=O) groups is 3. The van der Waals surface area contributed by atoms with E-state index in [4.69, 9.17) is 14.2 Å². The van der Waals surface area contributed by atoms with Crippen molar-refractivity contribution in [2.75, 3.05) is 13.2 Å². The van der Waals surface area contributed by atoms with E-state index in [9.17, 15) is 14.4 Å². The zero-order chi connectivity index (χ0) is 49.3. The van der Waals surface area contributed by atoms with E-state index < -0.39 is 6.10 Å². The molecule has 0 aromatic carbocycles. The molecule has 0 saturated carbocycles. The first-order valence-corrected chi connectivity index (χ1v) is 29.6. The van der Waals surface area contributed by atoms with Gasteiger partial charge >= 0.3 is 17.9 Å². The maximum Gasteiger partial charge on any atom is 0.306 e. The van der Waals surface area contributed by atoms with Crippen LogP contribution in [0.2, 0.25) is 0 Å². The highest BCUT2D eigenvalue weighted by atomic mass is 16.6. The summed E-state index contributed by atoms with van der Waals surface area (Å²) in [5.74, 6) is -0.882. The molecule has 0 N–H and O–H groups in total. The number of rotatable bonds is 54. The molecule has 0 aromatic heterocycles. The van der Waals surface area contributed by atoms with Crippen LogP contribution in [-0.4, -0.2) is 37.2 Å². The number of hydrogen-bond donors (Lipinski definition) is 0. The Labute approximate surface area is 422 Å². The van der Waals surface area contributed by atoms with Gasteiger partial charge in [-0.1, -0.05) is 281 Å². The summed E-state index contributed by atoms with van der Waals surface area (Å²) in [6.07, 6.45) is 69.6. The average Bonchev–Trinajstić information content (AvgIpc) is 3.34. The summed E-state index contributed by atoms with van der Waals surface area (Å²) in [6, 6.07) is 0. The molecule has 0 bridgehead atoms. The van der Waals surface area contributed by atoms with Crippen molar-refractivity contribution in [3.8, 4) is 0 Å². The second-order valence-electron chi connectivity index (χ2n) is 19.9.